The molecule has 108 valence electrons. The number of fused-ring (bicyclic) bond motifs is 1. The highest BCUT2D eigenvalue weighted by Gasteiger charge is 2.36. The first-order valence-electron chi connectivity index (χ1n) is 6.75. The number of rotatable bonds is 2. The molecule has 0 unspecified atom stereocenters. The fourth-order valence-electron chi connectivity index (χ4n) is 2.40. The molecule has 1 heterocycles. The van der Waals surface area contributed by atoms with E-state index in [0.717, 1.165) is 4.90 Å². The minimum Gasteiger partial charge on any atom is -0.268 e. The van der Waals surface area contributed by atoms with Crippen molar-refractivity contribution in [2.24, 2.45) is 0 Å². The van der Waals surface area contributed by atoms with Crippen LogP contribution in [-0.4, -0.2) is 11.8 Å². The third-order valence-corrected chi connectivity index (χ3v) is 3.50. The van der Waals surface area contributed by atoms with Crippen molar-refractivity contribution < 1.29 is 9.59 Å². The lowest BCUT2D eigenvalue weighted by Crippen LogP contribution is -2.29. The number of benzene rings is 2. The van der Waals surface area contributed by atoms with Crippen LogP contribution in [0.2, 0.25) is 0 Å². The Morgan fingerprint density at radius 3 is 1.87 bits per heavy atom. The van der Waals surface area contributed by atoms with Gasteiger partial charge in [0.2, 0.25) is 0 Å². The molecule has 2 aromatic rings. The maximum atomic E-state index is 12.4. The third kappa shape index (κ3) is 2.37. The molecule has 3 rings (SSSR count). The number of carbonyl (C=O) groups excluding carboxylic acids is 2. The van der Waals surface area contributed by atoms with Gasteiger partial charge >= 0.3 is 0 Å². The largest absolute Gasteiger partial charge is 0.268 e. The molecule has 0 atom stereocenters. The van der Waals surface area contributed by atoms with Crippen LogP contribution in [-0.2, 0) is 0 Å². The molecule has 0 aromatic heterocycles. The maximum Gasteiger partial charge on any atom is 0.266 e. The van der Waals surface area contributed by atoms with Crippen molar-refractivity contribution >= 4 is 23.6 Å². The molecule has 0 bridgehead atoms. The molecular formula is C18H9N3O2. The van der Waals surface area contributed by atoms with Gasteiger partial charge in [-0.25, -0.2) is 4.90 Å². The molecule has 2 amide bonds. The average molecular weight is 299 g/mol. The van der Waals surface area contributed by atoms with Crippen molar-refractivity contribution in [3.8, 4) is 12.1 Å². The van der Waals surface area contributed by atoms with E-state index in [1.807, 2.05) is 0 Å². The summed E-state index contributed by atoms with van der Waals surface area (Å²) in [5.41, 5.74) is 1.85. The van der Waals surface area contributed by atoms with Gasteiger partial charge < -0.3 is 0 Å². The fraction of sp³-hybridized carbons (Fsp3) is 0. The molecule has 1 aliphatic rings. The lowest BCUT2D eigenvalue weighted by molar-refractivity contribution is 0.0926. The molecule has 0 radical (unpaired) electrons. The minimum atomic E-state index is -0.358. The summed E-state index contributed by atoms with van der Waals surface area (Å²) in [5.74, 6) is -0.715. The molecule has 0 spiro atoms. The molecule has 2 aromatic carbocycles. The Bertz CT molecular complexity index is 877. The molecule has 0 aliphatic carbocycles. The van der Waals surface area contributed by atoms with Crippen LogP contribution in [0.5, 0.6) is 0 Å². The van der Waals surface area contributed by atoms with Crippen LogP contribution in [0.3, 0.4) is 0 Å². The summed E-state index contributed by atoms with van der Waals surface area (Å²) in [7, 11) is 0. The number of nitriles is 2. The van der Waals surface area contributed by atoms with E-state index in [-0.39, 0.29) is 17.4 Å². The second kappa shape index (κ2) is 5.59. The van der Waals surface area contributed by atoms with Crippen molar-refractivity contribution in [3.63, 3.8) is 0 Å². The smallest absolute Gasteiger partial charge is 0.266 e. The van der Waals surface area contributed by atoms with E-state index in [2.05, 4.69) is 0 Å². The van der Waals surface area contributed by atoms with Gasteiger partial charge in [-0.2, -0.15) is 10.5 Å². The van der Waals surface area contributed by atoms with E-state index in [1.165, 1.54) is 6.08 Å². The highest BCUT2D eigenvalue weighted by Crippen LogP contribution is 2.28. The van der Waals surface area contributed by atoms with Crippen LogP contribution < -0.4 is 4.90 Å². The first-order chi connectivity index (χ1) is 11.2. The normalized spacial score (nSPS) is 12.3. The number of carbonyl (C=O) groups is 2. The monoisotopic (exact) mass is 299 g/mol. The van der Waals surface area contributed by atoms with Gasteiger partial charge in [-0.1, -0.05) is 24.3 Å². The van der Waals surface area contributed by atoms with Gasteiger partial charge in [-0.05, 0) is 35.9 Å². The number of amides is 2. The van der Waals surface area contributed by atoms with Crippen LogP contribution >= 0.6 is 0 Å². The zero-order valence-corrected chi connectivity index (χ0v) is 11.9. The van der Waals surface area contributed by atoms with Gasteiger partial charge in [0.15, 0.2) is 0 Å². The van der Waals surface area contributed by atoms with Crippen LogP contribution in [0, 0.1) is 22.7 Å². The highest BCUT2D eigenvalue weighted by molar-refractivity contribution is 6.34. The van der Waals surface area contributed by atoms with E-state index in [1.54, 1.807) is 60.7 Å². The van der Waals surface area contributed by atoms with Crippen LogP contribution in [0.15, 0.2) is 54.1 Å². The first-order valence-corrected chi connectivity index (χ1v) is 6.75. The van der Waals surface area contributed by atoms with E-state index in [9.17, 15) is 9.59 Å². The molecule has 5 nitrogen and oxygen atoms in total. The van der Waals surface area contributed by atoms with E-state index < -0.39 is 0 Å². The summed E-state index contributed by atoms with van der Waals surface area (Å²) in [6.45, 7) is 0. The predicted octanol–water partition coefficient (Wildman–Crippen LogP) is 2.92. The number of nitrogens with zero attached hydrogens (tertiary/aromatic N) is 3. The number of imide groups is 1. The van der Waals surface area contributed by atoms with E-state index in [0.29, 0.717) is 22.4 Å². The van der Waals surface area contributed by atoms with Gasteiger partial charge in [-0.15, -0.1) is 0 Å². The first kappa shape index (κ1) is 14.2. The lowest BCUT2D eigenvalue weighted by Gasteiger charge is -2.13. The lowest BCUT2D eigenvalue weighted by atomic mass is 10.1. The van der Waals surface area contributed by atoms with Gasteiger partial charge in [0, 0.05) is 0 Å². The third-order valence-electron chi connectivity index (χ3n) is 3.50. The SMILES string of the molecule is N#CC(C#N)=Cc1ccc(N2C(=O)c3ccccc3C2=O)cc1. The fourth-order valence-corrected chi connectivity index (χ4v) is 2.40. The standard InChI is InChI=1S/C18H9N3O2/c19-10-13(11-20)9-12-5-7-14(8-6-12)21-17(22)15-3-1-2-4-16(15)18(21)23/h1-9H. The second-order valence-corrected chi connectivity index (χ2v) is 4.86. The zero-order chi connectivity index (χ0) is 16.4. The molecule has 23 heavy (non-hydrogen) atoms. The molecule has 0 N–H and O–H groups in total. The second-order valence-electron chi connectivity index (χ2n) is 4.86. The Kier molecular flexibility index (Phi) is 3.46. The Morgan fingerprint density at radius 2 is 1.39 bits per heavy atom. The summed E-state index contributed by atoms with van der Waals surface area (Å²) in [6, 6.07) is 16.7. The maximum absolute atomic E-state index is 12.4. The van der Waals surface area contributed by atoms with Crippen molar-refractivity contribution in [1.29, 1.82) is 10.5 Å². The van der Waals surface area contributed by atoms with Gasteiger partial charge in [-0.3, -0.25) is 9.59 Å². The number of hydrogen-bond acceptors (Lipinski definition) is 4. The van der Waals surface area contributed by atoms with E-state index in [4.69, 9.17) is 10.5 Å². The quantitative estimate of drug-likeness (QED) is 0.630. The highest BCUT2D eigenvalue weighted by atomic mass is 16.2. The summed E-state index contributed by atoms with van der Waals surface area (Å²) < 4.78 is 0. The Hall–Kier alpha value is -3.70. The van der Waals surface area contributed by atoms with Crippen molar-refractivity contribution in [2.75, 3.05) is 4.90 Å². The molecule has 0 fully saturated rings. The average Bonchev–Trinajstić information content (AvgIpc) is 2.85. The Morgan fingerprint density at radius 1 is 0.870 bits per heavy atom. The molecule has 0 saturated carbocycles. The molecule has 1 aliphatic heterocycles. The van der Waals surface area contributed by atoms with Crippen LogP contribution in [0.4, 0.5) is 5.69 Å². The Balaban J connectivity index is 1.95. The van der Waals surface area contributed by atoms with Gasteiger partial charge in [0.05, 0.1) is 16.8 Å². The molecule has 0 saturated heterocycles. The van der Waals surface area contributed by atoms with Crippen molar-refractivity contribution in [2.45, 2.75) is 0 Å². The van der Waals surface area contributed by atoms with Crippen LogP contribution in [0.25, 0.3) is 6.08 Å². The predicted molar refractivity (Wildman–Crippen MR) is 83.2 cm³/mol. The number of hydrogen-bond donors (Lipinski definition) is 0. The Labute approximate surface area is 132 Å². The number of anilines is 1. The van der Waals surface area contributed by atoms with Crippen molar-refractivity contribution in [3.05, 3.63) is 70.8 Å². The summed E-state index contributed by atoms with van der Waals surface area (Å²) in [6.07, 6.45) is 1.44. The van der Waals surface area contributed by atoms with Crippen LogP contribution in [0.1, 0.15) is 26.3 Å². The van der Waals surface area contributed by atoms with Crippen molar-refractivity contribution in [1.82, 2.24) is 0 Å². The molecule has 5 heteroatoms. The van der Waals surface area contributed by atoms with E-state index >= 15 is 0 Å². The van der Waals surface area contributed by atoms with Gasteiger partial charge in [0.1, 0.15) is 17.7 Å². The minimum absolute atomic E-state index is 0.0153. The summed E-state index contributed by atoms with van der Waals surface area (Å²) in [5, 5.41) is 17.5. The summed E-state index contributed by atoms with van der Waals surface area (Å²) >= 11 is 0. The molecular weight excluding hydrogens is 290 g/mol. The number of allylic oxidation sites excluding steroid dienone is 1. The zero-order valence-electron chi connectivity index (χ0n) is 11.9. The topological polar surface area (TPSA) is 85.0 Å². The van der Waals surface area contributed by atoms with Gasteiger partial charge in [0.25, 0.3) is 11.8 Å². The summed E-state index contributed by atoms with van der Waals surface area (Å²) in [4.78, 5) is 25.9.